The van der Waals surface area contributed by atoms with Gasteiger partial charge in [-0.1, -0.05) is 12.8 Å². The van der Waals surface area contributed by atoms with E-state index in [1.165, 1.54) is 38.5 Å². The van der Waals surface area contributed by atoms with E-state index in [9.17, 15) is 0 Å². The van der Waals surface area contributed by atoms with Crippen molar-refractivity contribution >= 4 is 0 Å². The predicted octanol–water partition coefficient (Wildman–Crippen LogP) is 2.49. The molecule has 0 spiro atoms. The van der Waals surface area contributed by atoms with Gasteiger partial charge in [0.1, 0.15) is 0 Å². The third kappa shape index (κ3) is 4.57. The van der Waals surface area contributed by atoms with Crippen LogP contribution in [0.1, 0.15) is 52.4 Å². The van der Waals surface area contributed by atoms with Crippen molar-refractivity contribution in [3.63, 3.8) is 0 Å². The molecule has 0 atom stereocenters. The molecule has 2 saturated carbocycles. The standard InChI is InChI=1S/C14H27NO2/c1-12(2)16-9-10-17-14(7-3-4-8-14)11-15-13-5-6-13/h12-13,15H,3-11H2,1-2H3. The van der Waals surface area contributed by atoms with Crippen LogP contribution in [0.2, 0.25) is 0 Å². The monoisotopic (exact) mass is 241 g/mol. The van der Waals surface area contributed by atoms with Gasteiger partial charge in [-0.15, -0.1) is 0 Å². The summed E-state index contributed by atoms with van der Waals surface area (Å²) in [6.07, 6.45) is 8.08. The van der Waals surface area contributed by atoms with Gasteiger partial charge in [-0.25, -0.2) is 0 Å². The first-order chi connectivity index (χ1) is 8.20. The Morgan fingerprint density at radius 1 is 1.18 bits per heavy atom. The molecule has 0 aromatic carbocycles. The van der Waals surface area contributed by atoms with E-state index in [0.717, 1.165) is 25.8 Å². The minimum Gasteiger partial charge on any atom is -0.376 e. The molecule has 100 valence electrons. The molecule has 0 aliphatic heterocycles. The molecule has 0 heterocycles. The van der Waals surface area contributed by atoms with Crippen LogP contribution in [0.4, 0.5) is 0 Å². The lowest BCUT2D eigenvalue weighted by atomic mass is 10.0. The van der Waals surface area contributed by atoms with E-state index in [-0.39, 0.29) is 5.60 Å². The Labute approximate surface area is 105 Å². The lowest BCUT2D eigenvalue weighted by Crippen LogP contribution is -2.42. The number of hydrogen-bond acceptors (Lipinski definition) is 3. The van der Waals surface area contributed by atoms with Crippen LogP contribution in [-0.4, -0.2) is 37.5 Å². The maximum atomic E-state index is 6.13. The summed E-state index contributed by atoms with van der Waals surface area (Å²) in [6, 6.07) is 0.781. The first kappa shape index (κ1) is 13.3. The topological polar surface area (TPSA) is 30.5 Å². The molecule has 2 rings (SSSR count). The van der Waals surface area contributed by atoms with Crippen LogP contribution in [0.3, 0.4) is 0 Å². The van der Waals surface area contributed by atoms with E-state index in [1.54, 1.807) is 0 Å². The second-order valence-corrected chi connectivity index (χ2v) is 5.81. The van der Waals surface area contributed by atoms with Gasteiger partial charge in [0.2, 0.25) is 0 Å². The quantitative estimate of drug-likeness (QED) is 0.662. The summed E-state index contributed by atoms with van der Waals surface area (Å²) < 4.78 is 11.7. The minimum absolute atomic E-state index is 0.114. The SMILES string of the molecule is CC(C)OCCOC1(CNC2CC2)CCCC1. The smallest absolute Gasteiger partial charge is 0.0807 e. The summed E-state index contributed by atoms with van der Waals surface area (Å²) in [5.74, 6) is 0. The van der Waals surface area contributed by atoms with E-state index >= 15 is 0 Å². The average Bonchev–Trinajstić information content (AvgIpc) is 3.02. The van der Waals surface area contributed by atoms with E-state index < -0.39 is 0 Å². The molecule has 3 heteroatoms. The van der Waals surface area contributed by atoms with Crippen LogP contribution in [0.5, 0.6) is 0 Å². The van der Waals surface area contributed by atoms with Crippen molar-refractivity contribution in [2.24, 2.45) is 0 Å². The van der Waals surface area contributed by atoms with Gasteiger partial charge in [0, 0.05) is 12.6 Å². The summed E-state index contributed by atoms with van der Waals surface area (Å²) in [5.41, 5.74) is 0.114. The molecule has 0 aromatic heterocycles. The Kier molecular flexibility index (Phi) is 4.83. The maximum Gasteiger partial charge on any atom is 0.0807 e. The zero-order valence-electron chi connectivity index (χ0n) is 11.3. The van der Waals surface area contributed by atoms with Gasteiger partial charge in [-0.05, 0) is 39.5 Å². The van der Waals surface area contributed by atoms with Crippen LogP contribution in [0, 0.1) is 0 Å². The van der Waals surface area contributed by atoms with Crippen molar-refractivity contribution in [3.8, 4) is 0 Å². The molecule has 0 saturated heterocycles. The molecule has 1 N–H and O–H groups in total. The average molecular weight is 241 g/mol. The summed E-state index contributed by atoms with van der Waals surface area (Å²) in [5, 5.41) is 3.62. The fourth-order valence-electron chi connectivity index (χ4n) is 2.55. The molecule has 0 aromatic rings. The van der Waals surface area contributed by atoms with Gasteiger partial charge >= 0.3 is 0 Å². The first-order valence-corrected chi connectivity index (χ1v) is 7.19. The van der Waals surface area contributed by atoms with Gasteiger partial charge in [-0.2, -0.15) is 0 Å². The molecular formula is C14H27NO2. The second kappa shape index (κ2) is 6.17. The van der Waals surface area contributed by atoms with Crippen LogP contribution in [0.15, 0.2) is 0 Å². The lowest BCUT2D eigenvalue weighted by Gasteiger charge is -2.30. The summed E-state index contributed by atoms with van der Waals surface area (Å²) >= 11 is 0. The van der Waals surface area contributed by atoms with E-state index in [2.05, 4.69) is 19.2 Å². The zero-order chi connectivity index (χ0) is 12.1. The van der Waals surface area contributed by atoms with E-state index in [0.29, 0.717) is 6.10 Å². The van der Waals surface area contributed by atoms with Gasteiger partial charge in [0.05, 0.1) is 24.9 Å². The molecule has 0 unspecified atom stereocenters. The highest BCUT2D eigenvalue weighted by atomic mass is 16.5. The van der Waals surface area contributed by atoms with Crippen LogP contribution >= 0.6 is 0 Å². The third-order valence-corrected chi connectivity index (χ3v) is 3.75. The van der Waals surface area contributed by atoms with Gasteiger partial charge in [-0.3, -0.25) is 0 Å². The number of rotatable bonds is 8. The number of nitrogens with one attached hydrogen (secondary N) is 1. The van der Waals surface area contributed by atoms with Gasteiger partial charge in [0.15, 0.2) is 0 Å². The molecule has 0 amide bonds. The van der Waals surface area contributed by atoms with Gasteiger partial charge in [0.25, 0.3) is 0 Å². The van der Waals surface area contributed by atoms with Crippen molar-refractivity contribution in [1.82, 2.24) is 5.32 Å². The number of ether oxygens (including phenoxy) is 2. The van der Waals surface area contributed by atoms with Crippen LogP contribution in [-0.2, 0) is 9.47 Å². The summed E-state index contributed by atoms with van der Waals surface area (Å²) in [4.78, 5) is 0. The molecule has 2 aliphatic carbocycles. The van der Waals surface area contributed by atoms with E-state index in [1.807, 2.05) is 0 Å². The van der Waals surface area contributed by atoms with E-state index in [4.69, 9.17) is 9.47 Å². The molecule has 0 radical (unpaired) electrons. The van der Waals surface area contributed by atoms with Crippen molar-refractivity contribution in [1.29, 1.82) is 0 Å². The van der Waals surface area contributed by atoms with Crippen molar-refractivity contribution in [3.05, 3.63) is 0 Å². The molecule has 2 fully saturated rings. The number of hydrogen-bond donors (Lipinski definition) is 1. The fourth-order valence-corrected chi connectivity index (χ4v) is 2.55. The Morgan fingerprint density at radius 2 is 1.88 bits per heavy atom. The summed E-state index contributed by atoms with van der Waals surface area (Å²) in [6.45, 7) is 6.65. The highest BCUT2D eigenvalue weighted by Gasteiger charge is 2.36. The largest absolute Gasteiger partial charge is 0.376 e. The second-order valence-electron chi connectivity index (χ2n) is 5.81. The Hall–Kier alpha value is -0.120. The van der Waals surface area contributed by atoms with Crippen LogP contribution < -0.4 is 5.32 Å². The highest BCUT2D eigenvalue weighted by Crippen LogP contribution is 2.33. The minimum atomic E-state index is 0.114. The van der Waals surface area contributed by atoms with Crippen molar-refractivity contribution < 1.29 is 9.47 Å². The normalized spacial score (nSPS) is 23.5. The molecule has 0 bridgehead atoms. The van der Waals surface area contributed by atoms with Crippen LogP contribution in [0.25, 0.3) is 0 Å². The lowest BCUT2D eigenvalue weighted by molar-refractivity contribution is -0.0701. The maximum absolute atomic E-state index is 6.13. The molecule has 3 nitrogen and oxygen atoms in total. The third-order valence-electron chi connectivity index (χ3n) is 3.75. The molecule has 2 aliphatic rings. The fraction of sp³-hybridized carbons (Fsp3) is 1.00. The Bertz CT molecular complexity index is 220. The predicted molar refractivity (Wildman–Crippen MR) is 69.3 cm³/mol. The summed E-state index contributed by atoms with van der Waals surface area (Å²) in [7, 11) is 0. The van der Waals surface area contributed by atoms with Gasteiger partial charge < -0.3 is 14.8 Å². The Morgan fingerprint density at radius 3 is 2.47 bits per heavy atom. The Balaban J connectivity index is 1.67. The zero-order valence-corrected chi connectivity index (χ0v) is 11.3. The highest BCUT2D eigenvalue weighted by molar-refractivity contribution is 4.92. The first-order valence-electron chi connectivity index (χ1n) is 7.19. The van der Waals surface area contributed by atoms with Crippen molar-refractivity contribution in [2.75, 3.05) is 19.8 Å². The van der Waals surface area contributed by atoms with Crippen molar-refractivity contribution in [2.45, 2.75) is 70.1 Å². The molecule has 17 heavy (non-hydrogen) atoms. The molecular weight excluding hydrogens is 214 g/mol.